The van der Waals surface area contributed by atoms with Gasteiger partial charge in [-0.05, 0) is 35.9 Å². The average molecular weight is 550 g/mol. The molecule has 38 heavy (non-hydrogen) atoms. The number of benzene rings is 2. The summed E-state index contributed by atoms with van der Waals surface area (Å²) < 4.78 is 31.0. The Kier molecular flexibility index (Phi) is 7.40. The smallest absolute Gasteiger partial charge is 0.265 e. The molecule has 5 rings (SSSR count). The Bertz CT molecular complexity index is 1660. The van der Waals surface area contributed by atoms with E-state index in [1.807, 2.05) is 48.5 Å². The van der Waals surface area contributed by atoms with Crippen LogP contribution in [0.4, 0.5) is 0 Å². The van der Waals surface area contributed by atoms with Crippen molar-refractivity contribution in [1.29, 1.82) is 0 Å². The van der Waals surface area contributed by atoms with Crippen molar-refractivity contribution in [3.8, 4) is 5.75 Å². The molecule has 0 saturated heterocycles. The number of fused-ring (bicyclic) bond motifs is 1. The minimum absolute atomic E-state index is 0.0972. The van der Waals surface area contributed by atoms with Gasteiger partial charge in [0.2, 0.25) is 10.2 Å². The van der Waals surface area contributed by atoms with Crippen LogP contribution in [0.5, 0.6) is 5.75 Å². The predicted octanol–water partition coefficient (Wildman–Crippen LogP) is 2.61. The van der Waals surface area contributed by atoms with Gasteiger partial charge in [-0.15, -0.1) is 16.4 Å². The van der Waals surface area contributed by atoms with Crippen molar-refractivity contribution in [1.82, 2.24) is 30.3 Å². The second-order valence-corrected chi connectivity index (χ2v) is 11.1. The lowest BCUT2D eigenvalue weighted by Gasteiger charge is -2.17. The normalized spacial score (nSPS) is 12.3. The highest BCUT2D eigenvalue weighted by Gasteiger charge is 2.23. The SMILES string of the molecule is NS(=O)(=O)c1nc2ccc(OCc3cn(C(Cc4ccccc4)C(=O)NCc4ccccn4)nn3)cc2s1. The Morgan fingerprint density at radius 2 is 1.89 bits per heavy atom. The maximum atomic E-state index is 13.2. The number of sulfonamides is 1. The Hall–Kier alpha value is -4.20. The molecule has 13 heteroatoms. The lowest BCUT2D eigenvalue weighted by atomic mass is 10.1. The number of primary sulfonamides is 1. The molecule has 0 aliphatic rings. The molecule has 2 aromatic carbocycles. The van der Waals surface area contributed by atoms with Gasteiger partial charge >= 0.3 is 0 Å². The summed E-state index contributed by atoms with van der Waals surface area (Å²) >= 11 is 0.970. The molecule has 5 aromatic rings. The molecule has 0 fully saturated rings. The van der Waals surface area contributed by atoms with Crippen LogP contribution in [-0.2, 0) is 34.4 Å². The van der Waals surface area contributed by atoms with Crippen LogP contribution in [0.1, 0.15) is 23.0 Å². The number of carbonyl (C=O) groups excluding carboxylic acids is 1. The molecule has 0 radical (unpaired) electrons. The molecule has 1 atom stereocenters. The third kappa shape index (κ3) is 6.19. The number of nitrogens with one attached hydrogen (secondary N) is 1. The van der Waals surface area contributed by atoms with E-state index < -0.39 is 16.1 Å². The first kappa shape index (κ1) is 25.4. The number of nitrogens with two attached hydrogens (primary N) is 1. The summed E-state index contributed by atoms with van der Waals surface area (Å²) in [6, 6.07) is 19.6. The minimum atomic E-state index is -3.88. The quantitative estimate of drug-likeness (QED) is 0.269. The summed E-state index contributed by atoms with van der Waals surface area (Å²) in [7, 11) is -3.88. The van der Waals surface area contributed by atoms with Crippen LogP contribution in [0.2, 0.25) is 0 Å². The van der Waals surface area contributed by atoms with Gasteiger partial charge in [-0.25, -0.2) is 23.2 Å². The van der Waals surface area contributed by atoms with E-state index in [2.05, 4.69) is 25.6 Å². The van der Waals surface area contributed by atoms with Crippen LogP contribution in [0, 0.1) is 0 Å². The highest BCUT2D eigenvalue weighted by atomic mass is 32.2. The van der Waals surface area contributed by atoms with Gasteiger partial charge < -0.3 is 10.1 Å². The third-order valence-electron chi connectivity index (χ3n) is 5.59. The molecule has 3 N–H and O–H groups in total. The third-order valence-corrected chi connectivity index (χ3v) is 7.93. The lowest BCUT2D eigenvalue weighted by molar-refractivity contribution is -0.124. The molecular weight excluding hydrogens is 526 g/mol. The number of hydrogen-bond acceptors (Lipinski definition) is 9. The number of nitrogens with zero attached hydrogens (tertiary/aromatic N) is 5. The molecule has 0 aliphatic heterocycles. The van der Waals surface area contributed by atoms with E-state index in [1.54, 1.807) is 30.6 Å². The van der Waals surface area contributed by atoms with Crippen LogP contribution in [0.15, 0.2) is 83.5 Å². The van der Waals surface area contributed by atoms with Gasteiger partial charge in [0.1, 0.15) is 24.1 Å². The zero-order valence-electron chi connectivity index (χ0n) is 20.0. The van der Waals surface area contributed by atoms with Crippen LogP contribution >= 0.6 is 11.3 Å². The molecule has 0 spiro atoms. The van der Waals surface area contributed by atoms with Crippen molar-refractivity contribution >= 4 is 37.5 Å². The molecule has 0 aliphatic carbocycles. The van der Waals surface area contributed by atoms with Crippen molar-refractivity contribution in [2.24, 2.45) is 5.14 Å². The number of rotatable bonds is 10. The predicted molar refractivity (Wildman–Crippen MR) is 141 cm³/mol. The number of pyridine rings is 1. The van der Waals surface area contributed by atoms with Crippen molar-refractivity contribution in [3.63, 3.8) is 0 Å². The second kappa shape index (κ2) is 11.0. The van der Waals surface area contributed by atoms with Gasteiger partial charge in [0.25, 0.3) is 10.0 Å². The summed E-state index contributed by atoms with van der Waals surface area (Å²) in [5.74, 6) is 0.295. The van der Waals surface area contributed by atoms with Gasteiger partial charge in [0.15, 0.2) is 0 Å². The van der Waals surface area contributed by atoms with E-state index in [0.29, 0.717) is 34.6 Å². The largest absolute Gasteiger partial charge is 0.487 e. The molecule has 0 bridgehead atoms. The van der Waals surface area contributed by atoms with Crippen molar-refractivity contribution < 1.29 is 17.9 Å². The molecule has 194 valence electrons. The molecule has 0 saturated carbocycles. The fraction of sp³-hybridized carbons (Fsp3) is 0.160. The van der Waals surface area contributed by atoms with Gasteiger partial charge in [-0.1, -0.05) is 41.6 Å². The van der Waals surface area contributed by atoms with Crippen LogP contribution in [0.3, 0.4) is 0 Å². The Morgan fingerprint density at radius 1 is 1.08 bits per heavy atom. The van der Waals surface area contributed by atoms with Gasteiger partial charge in [0.05, 0.1) is 28.7 Å². The highest BCUT2D eigenvalue weighted by Crippen LogP contribution is 2.28. The lowest BCUT2D eigenvalue weighted by Crippen LogP contribution is -2.34. The summed E-state index contributed by atoms with van der Waals surface area (Å²) in [6.45, 7) is 0.392. The number of thiazole rings is 1. The minimum Gasteiger partial charge on any atom is -0.487 e. The van der Waals surface area contributed by atoms with Crippen LogP contribution in [0.25, 0.3) is 10.2 Å². The van der Waals surface area contributed by atoms with E-state index >= 15 is 0 Å². The zero-order valence-corrected chi connectivity index (χ0v) is 21.6. The number of amides is 1. The Balaban J connectivity index is 1.29. The second-order valence-electron chi connectivity index (χ2n) is 8.38. The molecule has 3 aromatic heterocycles. The number of ether oxygens (including phenoxy) is 1. The number of carbonyl (C=O) groups is 1. The fourth-order valence-electron chi connectivity index (χ4n) is 3.73. The molecule has 1 unspecified atom stereocenters. The van der Waals surface area contributed by atoms with Gasteiger partial charge in [-0.3, -0.25) is 9.78 Å². The summed E-state index contributed by atoms with van der Waals surface area (Å²) in [4.78, 5) is 21.5. The van der Waals surface area contributed by atoms with Crippen molar-refractivity contribution in [2.75, 3.05) is 0 Å². The van der Waals surface area contributed by atoms with Crippen molar-refractivity contribution in [2.45, 2.75) is 30.0 Å². The monoisotopic (exact) mass is 549 g/mol. The van der Waals surface area contributed by atoms with Gasteiger partial charge in [-0.2, -0.15) is 0 Å². The first-order valence-corrected chi connectivity index (χ1v) is 13.9. The Morgan fingerprint density at radius 3 is 2.66 bits per heavy atom. The first-order valence-electron chi connectivity index (χ1n) is 11.5. The van der Waals surface area contributed by atoms with E-state index in [4.69, 9.17) is 9.88 Å². The molecular formula is C25H23N7O4S2. The number of hydrogen-bond donors (Lipinski definition) is 2. The maximum Gasteiger partial charge on any atom is 0.265 e. The topological polar surface area (TPSA) is 155 Å². The highest BCUT2D eigenvalue weighted by molar-refractivity contribution is 7.91. The van der Waals surface area contributed by atoms with E-state index in [-0.39, 0.29) is 16.9 Å². The standard InChI is InChI=1S/C25H23N7O4S2/c26-38(34,35)25-29-21-10-9-20(13-23(21)37-25)36-16-19-15-32(31-30-19)22(12-17-6-2-1-3-7-17)24(33)28-14-18-8-4-5-11-27-18/h1-11,13,15,22H,12,14,16H2,(H,28,33)(H2,26,34,35). The van der Waals surface area contributed by atoms with E-state index in [0.717, 1.165) is 22.6 Å². The average Bonchev–Trinajstić information content (AvgIpc) is 3.57. The van der Waals surface area contributed by atoms with Gasteiger partial charge in [0, 0.05) is 12.6 Å². The summed E-state index contributed by atoms with van der Waals surface area (Å²) in [5, 5.41) is 16.5. The first-order chi connectivity index (χ1) is 18.3. The summed E-state index contributed by atoms with van der Waals surface area (Å²) in [6.07, 6.45) is 3.78. The zero-order chi connectivity index (χ0) is 26.5. The van der Waals surface area contributed by atoms with Crippen LogP contribution < -0.4 is 15.2 Å². The molecule has 1 amide bonds. The summed E-state index contributed by atoms with van der Waals surface area (Å²) in [5.41, 5.74) is 2.77. The van der Waals surface area contributed by atoms with Crippen molar-refractivity contribution in [3.05, 3.63) is 96.1 Å². The fourth-order valence-corrected chi connectivity index (χ4v) is 5.41. The van der Waals surface area contributed by atoms with E-state index in [1.165, 1.54) is 4.68 Å². The van der Waals surface area contributed by atoms with Crippen LogP contribution in [-0.4, -0.2) is 39.3 Å². The van der Waals surface area contributed by atoms with E-state index in [9.17, 15) is 13.2 Å². The molecule has 3 heterocycles. The maximum absolute atomic E-state index is 13.2. The number of aromatic nitrogens is 5. The Labute approximate surface area is 222 Å². The molecule has 11 nitrogen and oxygen atoms in total.